The number of nitrogens with one attached hydrogen (secondary N) is 2. The summed E-state index contributed by atoms with van der Waals surface area (Å²) in [5, 5.41) is 6.35. The van der Waals surface area contributed by atoms with Gasteiger partial charge in [-0.25, -0.2) is 0 Å². The smallest absolute Gasteiger partial charge is 0.236 e. The molecule has 0 bridgehead atoms. The zero-order chi connectivity index (χ0) is 8.39. The van der Waals surface area contributed by atoms with Gasteiger partial charge < -0.3 is 15.5 Å². The van der Waals surface area contributed by atoms with Gasteiger partial charge in [-0.3, -0.25) is 4.79 Å². The van der Waals surface area contributed by atoms with E-state index in [1.165, 1.54) is 0 Å². The fraction of sp³-hybridized carbons (Fsp3) is 0.875. The van der Waals surface area contributed by atoms with Crippen LogP contribution in [0.1, 0.15) is 6.42 Å². The topological polar surface area (TPSA) is 44.4 Å². The highest BCUT2D eigenvalue weighted by Gasteiger charge is 2.27. The number of carbonyl (C=O) groups is 1. The highest BCUT2D eigenvalue weighted by atomic mass is 16.2. The summed E-state index contributed by atoms with van der Waals surface area (Å²) < 4.78 is 0. The molecule has 1 unspecified atom stereocenters. The predicted octanol–water partition coefficient (Wildman–Crippen LogP) is -1.22. The molecular formula is C8H15N3O. The SMILES string of the molecule is O=C1CNCCN1C1CCNC1. The highest BCUT2D eigenvalue weighted by Crippen LogP contribution is 2.09. The second-order valence-electron chi connectivity index (χ2n) is 3.41. The van der Waals surface area contributed by atoms with Gasteiger partial charge in [0.25, 0.3) is 0 Å². The summed E-state index contributed by atoms with van der Waals surface area (Å²) in [6.07, 6.45) is 1.12. The molecule has 12 heavy (non-hydrogen) atoms. The summed E-state index contributed by atoms with van der Waals surface area (Å²) in [5.41, 5.74) is 0. The molecule has 0 radical (unpaired) electrons. The van der Waals surface area contributed by atoms with Crippen molar-refractivity contribution in [2.45, 2.75) is 12.5 Å². The summed E-state index contributed by atoms with van der Waals surface area (Å²) in [6, 6.07) is 0.458. The van der Waals surface area contributed by atoms with E-state index in [9.17, 15) is 4.79 Å². The van der Waals surface area contributed by atoms with Crippen molar-refractivity contribution in [2.75, 3.05) is 32.7 Å². The molecule has 0 aromatic carbocycles. The summed E-state index contributed by atoms with van der Waals surface area (Å²) in [6.45, 7) is 4.39. The van der Waals surface area contributed by atoms with Crippen molar-refractivity contribution in [1.29, 1.82) is 0 Å². The van der Waals surface area contributed by atoms with Crippen LogP contribution in [0.25, 0.3) is 0 Å². The third kappa shape index (κ3) is 1.44. The van der Waals surface area contributed by atoms with Crippen LogP contribution >= 0.6 is 0 Å². The molecule has 2 heterocycles. The largest absolute Gasteiger partial charge is 0.336 e. The third-order valence-corrected chi connectivity index (χ3v) is 2.60. The molecule has 2 aliphatic rings. The lowest BCUT2D eigenvalue weighted by atomic mass is 10.2. The highest BCUT2D eigenvalue weighted by molar-refractivity contribution is 5.79. The van der Waals surface area contributed by atoms with Crippen LogP contribution in [0.15, 0.2) is 0 Å². The molecule has 2 N–H and O–H groups in total. The first-order valence-electron chi connectivity index (χ1n) is 4.59. The second kappa shape index (κ2) is 3.41. The Morgan fingerprint density at radius 1 is 1.33 bits per heavy atom. The molecular weight excluding hydrogens is 154 g/mol. The maximum atomic E-state index is 11.4. The van der Waals surface area contributed by atoms with E-state index in [2.05, 4.69) is 10.6 Å². The zero-order valence-electron chi connectivity index (χ0n) is 7.18. The van der Waals surface area contributed by atoms with Gasteiger partial charge in [-0.05, 0) is 13.0 Å². The first-order valence-corrected chi connectivity index (χ1v) is 4.59. The van der Waals surface area contributed by atoms with Crippen LogP contribution in [-0.4, -0.2) is 49.6 Å². The van der Waals surface area contributed by atoms with Gasteiger partial charge in [0.2, 0.25) is 5.91 Å². The van der Waals surface area contributed by atoms with Gasteiger partial charge in [0.1, 0.15) is 0 Å². The molecule has 1 amide bonds. The van der Waals surface area contributed by atoms with Crippen LogP contribution in [-0.2, 0) is 4.79 Å². The molecule has 0 aromatic rings. The molecule has 2 rings (SSSR count). The molecule has 4 nitrogen and oxygen atoms in total. The molecule has 68 valence electrons. The van der Waals surface area contributed by atoms with Gasteiger partial charge in [0, 0.05) is 25.7 Å². The average molecular weight is 169 g/mol. The standard InChI is InChI=1S/C8H15N3O/c12-8-6-10-3-4-11(8)7-1-2-9-5-7/h7,9-10H,1-6H2. The average Bonchev–Trinajstić information content (AvgIpc) is 2.57. The Kier molecular flexibility index (Phi) is 2.28. The Bertz CT molecular complexity index is 177. The molecule has 0 spiro atoms. The van der Waals surface area contributed by atoms with E-state index in [1.807, 2.05) is 4.90 Å². The van der Waals surface area contributed by atoms with E-state index in [4.69, 9.17) is 0 Å². The van der Waals surface area contributed by atoms with Crippen molar-refractivity contribution in [3.63, 3.8) is 0 Å². The number of piperazine rings is 1. The van der Waals surface area contributed by atoms with Gasteiger partial charge in [-0.1, -0.05) is 0 Å². The number of nitrogens with zero attached hydrogens (tertiary/aromatic N) is 1. The predicted molar refractivity (Wildman–Crippen MR) is 45.9 cm³/mol. The van der Waals surface area contributed by atoms with Crippen LogP contribution in [0.3, 0.4) is 0 Å². The number of carbonyl (C=O) groups excluding carboxylic acids is 1. The molecule has 2 saturated heterocycles. The Balaban J connectivity index is 1.95. The molecule has 2 aliphatic heterocycles. The summed E-state index contributed by atoms with van der Waals surface area (Å²) >= 11 is 0. The fourth-order valence-corrected chi connectivity index (χ4v) is 1.91. The molecule has 4 heteroatoms. The van der Waals surface area contributed by atoms with Crippen LogP contribution in [0.4, 0.5) is 0 Å². The normalized spacial score (nSPS) is 31.2. The molecule has 0 aromatic heterocycles. The quantitative estimate of drug-likeness (QED) is 0.517. The number of hydrogen-bond donors (Lipinski definition) is 2. The lowest BCUT2D eigenvalue weighted by molar-refractivity contribution is -0.133. The van der Waals surface area contributed by atoms with E-state index in [0.717, 1.165) is 32.6 Å². The number of hydrogen-bond acceptors (Lipinski definition) is 3. The maximum Gasteiger partial charge on any atom is 0.236 e. The minimum atomic E-state index is 0.259. The van der Waals surface area contributed by atoms with Crippen molar-refractivity contribution >= 4 is 5.91 Å². The molecule has 2 fully saturated rings. The van der Waals surface area contributed by atoms with Crippen molar-refractivity contribution < 1.29 is 4.79 Å². The summed E-state index contributed by atoms with van der Waals surface area (Å²) in [5.74, 6) is 0.259. The van der Waals surface area contributed by atoms with Crippen molar-refractivity contribution in [1.82, 2.24) is 15.5 Å². The Morgan fingerprint density at radius 3 is 2.92 bits per heavy atom. The van der Waals surface area contributed by atoms with Crippen molar-refractivity contribution in [3.05, 3.63) is 0 Å². The lowest BCUT2D eigenvalue weighted by Crippen LogP contribution is -2.52. The molecule has 0 saturated carbocycles. The second-order valence-corrected chi connectivity index (χ2v) is 3.41. The minimum absolute atomic E-state index is 0.259. The minimum Gasteiger partial charge on any atom is -0.336 e. The van der Waals surface area contributed by atoms with Crippen molar-refractivity contribution in [2.24, 2.45) is 0 Å². The first kappa shape index (κ1) is 8.01. The van der Waals surface area contributed by atoms with Crippen LogP contribution in [0, 0.1) is 0 Å². The first-order chi connectivity index (χ1) is 5.88. The lowest BCUT2D eigenvalue weighted by Gasteiger charge is -2.32. The van der Waals surface area contributed by atoms with Gasteiger partial charge >= 0.3 is 0 Å². The summed E-state index contributed by atoms with van der Waals surface area (Å²) in [7, 11) is 0. The van der Waals surface area contributed by atoms with E-state index in [0.29, 0.717) is 12.6 Å². The maximum absolute atomic E-state index is 11.4. The molecule has 0 aliphatic carbocycles. The van der Waals surface area contributed by atoms with Crippen LogP contribution in [0.5, 0.6) is 0 Å². The summed E-state index contributed by atoms with van der Waals surface area (Å²) in [4.78, 5) is 13.4. The van der Waals surface area contributed by atoms with Gasteiger partial charge in [0.15, 0.2) is 0 Å². The third-order valence-electron chi connectivity index (χ3n) is 2.60. The number of amides is 1. The zero-order valence-corrected chi connectivity index (χ0v) is 7.18. The van der Waals surface area contributed by atoms with E-state index in [-0.39, 0.29) is 5.91 Å². The van der Waals surface area contributed by atoms with Gasteiger partial charge in [-0.2, -0.15) is 0 Å². The fourth-order valence-electron chi connectivity index (χ4n) is 1.91. The van der Waals surface area contributed by atoms with Gasteiger partial charge in [0.05, 0.1) is 6.54 Å². The monoisotopic (exact) mass is 169 g/mol. The van der Waals surface area contributed by atoms with Crippen molar-refractivity contribution in [3.8, 4) is 0 Å². The molecule has 1 atom stereocenters. The Morgan fingerprint density at radius 2 is 2.25 bits per heavy atom. The number of rotatable bonds is 1. The van der Waals surface area contributed by atoms with Crippen LogP contribution in [0.2, 0.25) is 0 Å². The Hall–Kier alpha value is -0.610. The van der Waals surface area contributed by atoms with E-state index < -0.39 is 0 Å². The van der Waals surface area contributed by atoms with Gasteiger partial charge in [-0.15, -0.1) is 0 Å². The van der Waals surface area contributed by atoms with E-state index >= 15 is 0 Å². The van der Waals surface area contributed by atoms with Crippen LogP contribution < -0.4 is 10.6 Å². The Labute approximate surface area is 72.3 Å². The van der Waals surface area contributed by atoms with E-state index in [1.54, 1.807) is 0 Å².